The quantitative estimate of drug-likeness (QED) is 0.745. The lowest BCUT2D eigenvalue weighted by Crippen LogP contribution is -2.07. The molecule has 19 heavy (non-hydrogen) atoms. The molecule has 3 heteroatoms. The molecular formula is C16H25NO2. The van der Waals surface area contributed by atoms with Crippen LogP contribution in [0.4, 0.5) is 0 Å². The molecule has 3 nitrogen and oxygen atoms in total. The Bertz CT molecular complexity index is 388. The normalized spacial score (nSPS) is 14.6. The molecule has 1 aliphatic rings. The summed E-state index contributed by atoms with van der Waals surface area (Å²) in [4.78, 5) is 0. The monoisotopic (exact) mass is 263 g/mol. The first-order valence-corrected chi connectivity index (χ1v) is 7.36. The lowest BCUT2D eigenvalue weighted by molar-refractivity contribution is 0.111. The summed E-state index contributed by atoms with van der Waals surface area (Å²) in [6, 6.07) is 6.32. The van der Waals surface area contributed by atoms with Crippen LogP contribution in [-0.4, -0.2) is 19.8 Å². The molecule has 0 spiro atoms. The summed E-state index contributed by atoms with van der Waals surface area (Å²) in [5.74, 6) is 1.79. The number of benzene rings is 1. The van der Waals surface area contributed by atoms with Crippen molar-refractivity contribution in [1.82, 2.24) is 0 Å². The molecule has 1 aromatic carbocycles. The lowest BCUT2D eigenvalue weighted by atomic mass is 10.1. The van der Waals surface area contributed by atoms with E-state index in [4.69, 9.17) is 15.2 Å². The number of nitrogens with two attached hydrogens (primary N) is 1. The third kappa shape index (κ3) is 4.84. The van der Waals surface area contributed by atoms with Gasteiger partial charge in [-0.25, -0.2) is 0 Å². The van der Waals surface area contributed by atoms with Gasteiger partial charge in [-0.05, 0) is 61.4 Å². The van der Waals surface area contributed by atoms with E-state index in [1.165, 1.54) is 24.0 Å². The van der Waals surface area contributed by atoms with Crippen LogP contribution < -0.4 is 10.5 Å². The lowest BCUT2D eigenvalue weighted by Gasteiger charge is -2.12. The van der Waals surface area contributed by atoms with E-state index in [1.807, 2.05) is 0 Å². The fraction of sp³-hybridized carbons (Fsp3) is 0.625. The van der Waals surface area contributed by atoms with Crippen molar-refractivity contribution in [2.45, 2.75) is 39.2 Å². The van der Waals surface area contributed by atoms with Gasteiger partial charge in [0, 0.05) is 6.61 Å². The first-order valence-electron chi connectivity index (χ1n) is 7.36. The summed E-state index contributed by atoms with van der Waals surface area (Å²) in [6.07, 6.45) is 4.55. The van der Waals surface area contributed by atoms with Crippen molar-refractivity contribution in [3.05, 3.63) is 29.3 Å². The number of rotatable bonds is 9. The largest absolute Gasteiger partial charge is 0.493 e. The molecule has 2 rings (SSSR count). The maximum absolute atomic E-state index is 5.75. The van der Waals surface area contributed by atoms with Crippen molar-refractivity contribution in [1.29, 1.82) is 0 Å². The van der Waals surface area contributed by atoms with Crippen molar-refractivity contribution < 1.29 is 9.47 Å². The Balaban J connectivity index is 1.92. The van der Waals surface area contributed by atoms with Crippen LogP contribution in [0.3, 0.4) is 0 Å². The predicted molar refractivity (Wildman–Crippen MR) is 77.4 cm³/mol. The Morgan fingerprint density at radius 1 is 1.32 bits per heavy atom. The first-order chi connectivity index (χ1) is 9.33. The zero-order valence-corrected chi connectivity index (χ0v) is 11.9. The molecule has 0 amide bonds. The van der Waals surface area contributed by atoms with Gasteiger partial charge in [-0.2, -0.15) is 0 Å². The molecule has 0 atom stereocenters. The van der Waals surface area contributed by atoms with Crippen LogP contribution in [0.1, 0.15) is 37.3 Å². The average Bonchev–Trinajstić information content (AvgIpc) is 3.22. The topological polar surface area (TPSA) is 44.5 Å². The van der Waals surface area contributed by atoms with E-state index in [0.29, 0.717) is 13.2 Å². The minimum absolute atomic E-state index is 0.648. The first kappa shape index (κ1) is 14.4. The van der Waals surface area contributed by atoms with Crippen LogP contribution in [0.15, 0.2) is 18.2 Å². The summed E-state index contributed by atoms with van der Waals surface area (Å²) in [5, 5.41) is 0. The average molecular weight is 263 g/mol. The fourth-order valence-corrected chi connectivity index (χ4v) is 2.05. The molecule has 1 aliphatic carbocycles. The van der Waals surface area contributed by atoms with Crippen LogP contribution in [0.5, 0.6) is 5.75 Å². The second-order valence-corrected chi connectivity index (χ2v) is 5.29. The van der Waals surface area contributed by atoms with Gasteiger partial charge >= 0.3 is 0 Å². The van der Waals surface area contributed by atoms with E-state index >= 15 is 0 Å². The molecule has 0 heterocycles. The smallest absolute Gasteiger partial charge is 0.122 e. The highest BCUT2D eigenvalue weighted by Gasteiger charge is 2.21. The maximum atomic E-state index is 5.75. The Morgan fingerprint density at radius 3 is 2.84 bits per heavy atom. The third-order valence-electron chi connectivity index (χ3n) is 3.32. The van der Waals surface area contributed by atoms with Gasteiger partial charge in [0.25, 0.3) is 0 Å². The van der Waals surface area contributed by atoms with E-state index < -0.39 is 0 Å². The molecule has 0 bridgehead atoms. The minimum atomic E-state index is 0.648. The number of hydrogen-bond acceptors (Lipinski definition) is 3. The van der Waals surface area contributed by atoms with Crippen molar-refractivity contribution in [2.75, 3.05) is 19.8 Å². The summed E-state index contributed by atoms with van der Waals surface area (Å²) in [5.41, 5.74) is 8.08. The summed E-state index contributed by atoms with van der Waals surface area (Å²) >= 11 is 0. The molecule has 0 aromatic heterocycles. The van der Waals surface area contributed by atoms with Gasteiger partial charge in [0.1, 0.15) is 5.75 Å². The summed E-state index contributed by atoms with van der Waals surface area (Å²) < 4.78 is 11.5. The highest BCUT2D eigenvalue weighted by Crippen LogP contribution is 2.29. The highest BCUT2D eigenvalue weighted by molar-refractivity contribution is 5.37. The molecule has 1 saturated carbocycles. The Labute approximate surface area is 116 Å². The SMILES string of the molecule is CCCOc1ccc(COCC2CC2)cc1CCN. The van der Waals surface area contributed by atoms with Gasteiger partial charge < -0.3 is 15.2 Å². The van der Waals surface area contributed by atoms with E-state index in [1.54, 1.807) is 0 Å². The van der Waals surface area contributed by atoms with E-state index in [9.17, 15) is 0 Å². The molecule has 1 aromatic rings. The second-order valence-electron chi connectivity index (χ2n) is 5.29. The van der Waals surface area contributed by atoms with Gasteiger partial charge in [-0.15, -0.1) is 0 Å². The third-order valence-corrected chi connectivity index (χ3v) is 3.32. The van der Waals surface area contributed by atoms with Crippen LogP contribution in [-0.2, 0) is 17.8 Å². The van der Waals surface area contributed by atoms with Crippen molar-refractivity contribution in [2.24, 2.45) is 11.7 Å². The molecule has 0 saturated heterocycles. The van der Waals surface area contributed by atoms with Crippen LogP contribution in [0.25, 0.3) is 0 Å². The predicted octanol–water partition coefficient (Wildman–Crippen LogP) is 2.90. The highest BCUT2D eigenvalue weighted by atomic mass is 16.5. The van der Waals surface area contributed by atoms with E-state index in [0.717, 1.165) is 37.7 Å². The zero-order valence-electron chi connectivity index (χ0n) is 11.9. The number of ether oxygens (including phenoxy) is 2. The fourth-order valence-electron chi connectivity index (χ4n) is 2.05. The zero-order chi connectivity index (χ0) is 13.5. The van der Waals surface area contributed by atoms with Crippen LogP contribution in [0.2, 0.25) is 0 Å². The van der Waals surface area contributed by atoms with Gasteiger partial charge in [0.15, 0.2) is 0 Å². The van der Waals surface area contributed by atoms with Gasteiger partial charge in [0.2, 0.25) is 0 Å². The molecule has 0 radical (unpaired) electrons. The number of hydrogen-bond donors (Lipinski definition) is 1. The standard InChI is InChI=1S/C16H25NO2/c1-2-9-19-16-6-5-14(10-15(16)7-8-17)12-18-11-13-3-4-13/h5-6,10,13H,2-4,7-9,11-12,17H2,1H3. The molecule has 106 valence electrons. The Morgan fingerprint density at radius 2 is 2.16 bits per heavy atom. The minimum Gasteiger partial charge on any atom is -0.493 e. The Kier molecular flexibility index (Phi) is 5.67. The van der Waals surface area contributed by atoms with Gasteiger partial charge in [0.05, 0.1) is 13.2 Å². The second kappa shape index (κ2) is 7.51. The van der Waals surface area contributed by atoms with Crippen molar-refractivity contribution >= 4 is 0 Å². The van der Waals surface area contributed by atoms with E-state index in [2.05, 4.69) is 25.1 Å². The maximum Gasteiger partial charge on any atom is 0.122 e. The van der Waals surface area contributed by atoms with Gasteiger partial charge in [-0.3, -0.25) is 0 Å². The van der Waals surface area contributed by atoms with Crippen molar-refractivity contribution in [3.8, 4) is 5.75 Å². The Hall–Kier alpha value is -1.06. The molecular weight excluding hydrogens is 238 g/mol. The molecule has 2 N–H and O–H groups in total. The summed E-state index contributed by atoms with van der Waals surface area (Å²) in [7, 11) is 0. The van der Waals surface area contributed by atoms with Crippen LogP contribution >= 0.6 is 0 Å². The molecule has 0 aliphatic heterocycles. The molecule has 1 fully saturated rings. The van der Waals surface area contributed by atoms with Crippen LogP contribution in [0, 0.1) is 5.92 Å². The van der Waals surface area contributed by atoms with E-state index in [-0.39, 0.29) is 0 Å². The van der Waals surface area contributed by atoms with Gasteiger partial charge in [-0.1, -0.05) is 13.0 Å². The molecule has 0 unspecified atom stereocenters. The summed E-state index contributed by atoms with van der Waals surface area (Å²) in [6.45, 7) is 5.12. The van der Waals surface area contributed by atoms with Crippen molar-refractivity contribution in [3.63, 3.8) is 0 Å².